The van der Waals surface area contributed by atoms with Gasteiger partial charge in [0, 0.05) is 12.8 Å². The van der Waals surface area contributed by atoms with Gasteiger partial charge in [-0.05, 0) is 116 Å². The summed E-state index contributed by atoms with van der Waals surface area (Å²) in [5, 5.41) is 0. The number of carbonyl (C=O) groups excluding carboxylic acids is 2. The zero-order valence-electron chi connectivity index (χ0n) is 57.4. The minimum absolute atomic E-state index is 0.0227. The topological polar surface area (TPSA) is 108 Å². The second-order valence-electron chi connectivity index (χ2n) is 24.9. The van der Waals surface area contributed by atoms with E-state index in [0.29, 0.717) is 17.4 Å². The summed E-state index contributed by atoms with van der Waals surface area (Å²) in [7, 11) is 1.46. The van der Waals surface area contributed by atoms with Crippen LogP contribution in [0.15, 0.2) is 134 Å². The van der Waals surface area contributed by atoms with Crippen molar-refractivity contribution in [2.45, 2.75) is 302 Å². The quantitative estimate of drug-likeness (QED) is 0.0211. The van der Waals surface area contributed by atoms with E-state index in [2.05, 4.69) is 148 Å². The molecule has 0 aromatic heterocycles. The number of allylic oxidation sites excluding steroid dienone is 22. The van der Waals surface area contributed by atoms with Gasteiger partial charge in [0.25, 0.3) is 0 Å². The van der Waals surface area contributed by atoms with Crippen molar-refractivity contribution in [3.63, 3.8) is 0 Å². The lowest BCUT2D eigenvalue weighted by molar-refractivity contribution is -0.870. The number of phosphoric acid groups is 1. The van der Waals surface area contributed by atoms with Crippen LogP contribution in [0.3, 0.4) is 0 Å². The summed E-state index contributed by atoms with van der Waals surface area (Å²) in [4.78, 5) is 35.9. The first-order chi connectivity index (χ1) is 43.0. The lowest BCUT2D eigenvalue weighted by Crippen LogP contribution is -2.37. The van der Waals surface area contributed by atoms with Crippen molar-refractivity contribution in [1.29, 1.82) is 0 Å². The smallest absolute Gasteiger partial charge is 0.462 e. The molecular formula is C78H135NO8P+. The maximum Gasteiger partial charge on any atom is 0.472 e. The Kier molecular flexibility index (Phi) is 64.6. The molecule has 0 aliphatic heterocycles. The van der Waals surface area contributed by atoms with Crippen LogP contribution in [0.2, 0.25) is 0 Å². The third-order valence-corrected chi connectivity index (χ3v) is 16.1. The van der Waals surface area contributed by atoms with Crippen molar-refractivity contribution in [3.8, 4) is 0 Å². The van der Waals surface area contributed by atoms with Crippen molar-refractivity contribution in [2.75, 3.05) is 47.5 Å². The Hall–Kier alpha value is -3.85. The zero-order valence-corrected chi connectivity index (χ0v) is 58.3. The summed E-state index contributed by atoms with van der Waals surface area (Å²) in [6.07, 6.45) is 98.4. The van der Waals surface area contributed by atoms with Gasteiger partial charge in [0.05, 0.1) is 27.7 Å². The highest BCUT2D eigenvalue weighted by Crippen LogP contribution is 2.43. The van der Waals surface area contributed by atoms with Gasteiger partial charge in [-0.1, -0.05) is 302 Å². The molecule has 0 spiro atoms. The minimum Gasteiger partial charge on any atom is -0.462 e. The monoisotopic (exact) mass is 1240 g/mol. The molecule has 88 heavy (non-hydrogen) atoms. The van der Waals surface area contributed by atoms with Crippen LogP contribution in [-0.4, -0.2) is 74.9 Å². The number of unbranched alkanes of at least 4 members (excludes halogenated alkanes) is 29. The molecule has 1 N–H and O–H groups in total. The largest absolute Gasteiger partial charge is 0.472 e. The lowest BCUT2D eigenvalue weighted by Gasteiger charge is -2.24. The average Bonchev–Trinajstić information content (AvgIpc) is 3.68. The van der Waals surface area contributed by atoms with Gasteiger partial charge in [-0.3, -0.25) is 18.6 Å². The molecule has 0 radical (unpaired) electrons. The molecule has 0 aliphatic carbocycles. The molecule has 0 aromatic rings. The number of hydrogen-bond donors (Lipinski definition) is 1. The van der Waals surface area contributed by atoms with Crippen LogP contribution < -0.4 is 0 Å². The van der Waals surface area contributed by atoms with Gasteiger partial charge in [-0.15, -0.1) is 0 Å². The maximum absolute atomic E-state index is 12.9. The molecule has 504 valence electrons. The fourth-order valence-corrected chi connectivity index (χ4v) is 10.4. The number of hydrogen-bond acceptors (Lipinski definition) is 7. The summed E-state index contributed by atoms with van der Waals surface area (Å²) >= 11 is 0. The number of quaternary nitrogens is 1. The number of esters is 2. The van der Waals surface area contributed by atoms with Gasteiger partial charge < -0.3 is 18.9 Å². The molecular weight excluding hydrogens is 1110 g/mol. The van der Waals surface area contributed by atoms with Crippen LogP contribution in [-0.2, 0) is 32.7 Å². The van der Waals surface area contributed by atoms with E-state index in [1.165, 1.54) is 141 Å². The van der Waals surface area contributed by atoms with E-state index in [0.717, 1.165) is 122 Å². The van der Waals surface area contributed by atoms with E-state index >= 15 is 0 Å². The first-order valence-corrected chi connectivity index (χ1v) is 37.4. The molecule has 10 heteroatoms. The van der Waals surface area contributed by atoms with E-state index in [4.69, 9.17) is 18.5 Å². The van der Waals surface area contributed by atoms with E-state index in [-0.39, 0.29) is 32.0 Å². The molecule has 0 fully saturated rings. The fourth-order valence-electron chi connectivity index (χ4n) is 9.69. The van der Waals surface area contributed by atoms with Crippen molar-refractivity contribution < 1.29 is 42.1 Å². The van der Waals surface area contributed by atoms with Crippen LogP contribution in [0.4, 0.5) is 0 Å². The fraction of sp³-hybridized carbons (Fsp3) is 0.692. The Bertz CT molecular complexity index is 1950. The Morgan fingerprint density at radius 1 is 0.364 bits per heavy atom. The molecule has 0 saturated carbocycles. The van der Waals surface area contributed by atoms with Crippen molar-refractivity contribution in [3.05, 3.63) is 134 Å². The van der Waals surface area contributed by atoms with E-state index in [1.807, 2.05) is 21.1 Å². The minimum atomic E-state index is -4.41. The highest BCUT2D eigenvalue weighted by atomic mass is 31.2. The maximum atomic E-state index is 12.9. The zero-order chi connectivity index (χ0) is 64.1. The van der Waals surface area contributed by atoms with Crippen LogP contribution in [0.1, 0.15) is 296 Å². The van der Waals surface area contributed by atoms with Gasteiger partial charge in [-0.25, -0.2) is 4.57 Å². The van der Waals surface area contributed by atoms with Gasteiger partial charge >= 0.3 is 19.8 Å². The molecule has 2 atom stereocenters. The molecule has 0 saturated heterocycles. The molecule has 9 nitrogen and oxygen atoms in total. The number of carbonyl (C=O) groups is 2. The Labute approximate surface area is 542 Å². The Morgan fingerprint density at radius 2 is 0.648 bits per heavy atom. The second kappa shape index (κ2) is 67.5. The molecule has 0 heterocycles. The van der Waals surface area contributed by atoms with Crippen LogP contribution in [0, 0.1) is 0 Å². The summed E-state index contributed by atoms with van der Waals surface area (Å²) < 4.78 is 34.7. The van der Waals surface area contributed by atoms with Crippen molar-refractivity contribution >= 4 is 19.8 Å². The second-order valence-corrected chi connectivity index (χ2v) is 26.3. The first-order valence-electron chi connectivity index (χ1n) is 35.9. The Morgan fingerprint density at radius 3 is 0.966 bits per heavy atom. The summed E-state index contributed by atoms with van der Waals surface area (Å²) in [5.41, 5.74) is 0. The highest BCUT2D eigenvalue weighted by molar-refractivity contribution is 7.47. The predicted molar refractivity (Wildman–Crippen MR) is 381 cm³/mol. The molecule has 0 aliphatic rings. The molecule has 0 rings (SSSR count). The SMILES string of the molecule is CC/C=C\C/C=C\C/C=C\C/C=C\C/C=C\C/C=C\C/C=C\C/C=C\CCCCCCCCC(=O)OC(COC(=O)CCCCCCCCCCCCCCCCCCCC/C=C\C/C=C\C/C=C\CCCCCCC)COP(=O)(O)OCC[N+](C)(C)C. The first kappa shape index (κ1) is 84.2. The Balaban J connectivity index is 4.10. The summed E-state index contributed by atoms with van der Waals surface area (Å²) in [6, 6.07) is 0. The normalized spacial score (nSPS) is 13.9. The van der Waals surface area contributed by atoms with Gasteiger partial charge in [0.15, 0.2) is 6.10 Å². The van der Waals surface area contributed by atoms with Crippen LogP contribution >= 0.6 is 7.82 Å². The van der Waals surface area contributed by atoms with Gasteiger partial charge in [-0.2, -0.15) is 0 Å². The molecule has 2 unspecified atom stereocenters. The van der Waals surface area contributed by atoms with Crippen molar-refractivity contribution in [1.82, 2.24) is 0 Å². The third-order valence-electron chi connectivity index (χ3n) is 15.2. The number of nitrogens with zero attached hydrogens (tertiary/aromatic N) is 1. The van der Waals surface area contributed by atoms with Crippen LogP contribution in [0.25, 0.3) is 0 Å². The number of phosphoric ester groups is 1. The van der Waals surface area contributed by atoms with E-state index in [9.17, 15) is 19.0 Å². The summed E-state index contributed by atoms with van der Waals surface area (Å²) in [5.74, 6) is -0.814. The van der Waals surface area contributed by atoms with Gasteiger partial charge in [0.1, 0.15) is 19.8 Å². The molecule has 0 bridgehead atoms. The predicted octanol–water partition coefficient (Wildman–Crippen LogP) is 23.6. The molecule has 0 amide bonds. The number of ether oxygens (including phenoxy) is 2. The average molecular weight is 1250 g/mol. The third kappa shape index (κ3) is 71.2. The standard InChI is InChI=1S/C78H134NO8P/c1-6-8-10-12-14-16-18-20-22-24-26-28-30-32-34-36-38-39-41-42-44-46-48-50-52-54-56-58-60-62-64-66-68-70-77(80)84-74-76(75-86-88(82,83)85-73-72-79(3,4)5)87-78(81)71-69-67-65-63-61-59-57-55-53-51-49-47-45-43-40-37-35-33-31-29-27-25-23-21-19-17-15-13-11-9-7-2/h9,11,15,17-18,20-21,23-24,26-27,29-30,32-33,35,40,43,47,49,53,55,76H,6-8,10,12-14,16,19,22,25,28,31,34,36-39,41-42,44-46,48,50-52,54,56-75H2,1-5H3/p+1/b11-9-,17-15-,20-18-,23-21-,26-24-,29-27-,32-30-,35-33-,43-40-,49-47-,55-53-. The summed E-state index contributed by atoms with van der Waals surface area (Å²) in [6.45, 7) is 4.30. The van der Waals surface area contributed by atoms with E-state index < -0.39 is 26.5 Å². The highest BCUT2D eigenvalue weighted by Gasteiger charge is 2.27. The lowest BCUT2D eigenvalue weighted by atomic mass is 10.0. The molecule has 0 aromatic carbocycles. The van der Waals surface area contributed by atoms with Gasteiger partial charge in [0.2, 0.25) is 0 Å². The number of rotatable bonds is 65. The van der Waals surface area contributed by atoms with E-state index in [1.54, 1.807) is 0 Å². The van der Waals surface area contributed by atoms with Crippen molar-refractivity contribution in [2.24, 2.45) is 0 Å². The number of likely N-dealkylation sites (N-methyl/N-ethyl adjacent to an activating group) is 1. The van der Waals surface area contributed by atoms with Crippen LogP contribution in [0.5, 0.6) is 0 Å².